The predicted molar refractivity (Wildman–Crippen MR) is 131 cm³/mol. The minimum absolute atomic E-state index is 0.194. The van der Waals surface area contributed by atoms with Gasteiger partial charge in [-0.25, -0.2) is 4.79 Å². The fourth-order valence-corrected chi connectivity index (χ4v) is 4.52. The summed E-state index contributed by atoms with van der Waals surface area (Å²) in [5, 5.41) is 3.67. The molecule has 0 radical (unpaired) electrons. The molecule has 5 rings (SSSR count). The second kappa shape index (κ2) is 8.68. The molecule has 166 valence electrons. The van der Waals surface area contributed by atoms with E-state index < -0.39 is 0 Å². The SMILES string of the molecule is COc1ccc([C@@H]2c3cccn3-c3ccccc3CN2C(=O)Nc2ccc(C)c(Cl)c2)cc1. The van der Waals surface area contributed by atoms with E-state index in [1.54, 1.807) is 13.2 Å². The molecule has 1 atom stereocenters. The lowest BCUT2D eigenvalue weighted by Crippen LogP contribution is -2.37. The van der Waals surface area contributed by atoms with Crippen LogP contribution in [0.4, 0.5) is 10.5 Å². The summed E-state index contributed by atoms with van der Waals surface area (Å²) in [5.41, 5.74) is 5.79. The van der Waals surface area contributed by atoms with Crippen molar-refractivity contribution in [2.75, 3.05) is 12.4 Å². The van der Waals surface area contributed by atoms with Gasteiger partial charge in [0.2, 0.25) is 0 Å². The van der Waals surface area contributed by atoms with E-state index in [1.807, 2.05) is 72.6 Å². The second-order valence-electron chi connectivity index (χ2n) is 8.13. The third-order valence-electron chi connectivity index (χ3n) is 6.08. The summed E-state index contributed by atoms with van der Waals surface area (Å²) < 4.78 is 7.52. The zero-order valence-corrected chi connectivity index (χ0v) is 19.2. The number of hydrogen-bond donors (Lipinski definition) is 1. The number of nitrogens with one attached hydrogen (secondary N) is 1. The maximum atomic E-state index is 13.7. The Morgan fingerprint density at radius 2 is 1.82 bits per heavy atom. The third-order valence-corrected chi connectivity index (χ3v) is 6.49. The minimum atomic E-state index is -0.292. The summed E-state index contributed by atoms with van der Waals surface area (Å²) in [5.74, 6) is 0.774. The Morgan fingerprint density at radius 1 is 1.03 bits per heavy atom. The zero-order chi connectivity index (χ0) is 22.9. The molecule has 33 heavy (non-hydrogen) atoms. The quantitative estimate of drug-likeness (QED) is 0.377. The van der Waals surface area contributed by atoms with Gasteiger partial charge in [-0.05, 0) is 66.1 Å². The van der Waals surface area contributed by atoms with Gasteiger partial charge in [0.15, 0.2) is 0 Å². The first-order valence-electron chi connectivity index (χ1n) is 10.8. The average Bonchev–Trinajstić information content (AvgIpc) is 3.26. The highest BCUT2D eigenvalue weighted by Gasteiger charge is 2.33. The molecular weight excluding hydrogens is 434 g/mol. The second-order valence-corrected chi connectivity index (χ2v) is 8.54. The standard InChI is InChI=1S/C27H24ClN3O2/c1-18-9-12-21(16-23(18)28)29-27(32)31-17-20-6-3-4-7-24(20)30-15-5-8-25(30)26(31)19-10-13-22(33-2)14-11-19/h3-16,26H,17H2,1-2H3,(H,29,32)/t26-/m1/s1. The largest absolute Gasteiger partial charge is 0.497 e. The van der Waals surface area contributed by atoms with Gasteiger partial charge in [0.1, 0.15) is 5.75 Å². The molecule has 0 saturated heterocycles. The Morgan fingerprint density at radius 3 is 2.58 bits per heavy atom. The van der Waals surface area contributed by atoms with E-state index in [4.69, 9.17) is 16.3 Å². The van der Waals surface area contributed by atoms with Crippen LogP contribution in [0.5, 0.6) is 5.75 Å². The third kappa shape index (κ3) is 3.96. The summed E-state index contributed by atoms with van der Waals surface area (Å²) in [7, 11) is 1.65. The molecular formula is C27H24ClN3O2. The molecule has 1 N–H and O–H groups in total. The first-order valence-corrected chi connectivity index (χ1v) is 11.2. The van der Waals surface area contributed by atoms with Crippen molar-refractivity contribution in [2.24, 2.45) is 0 Å². The average molecular weight is 458 g/mol. The molecule has 2 amide bonds. The van der Waals surface area contributed by atoms with Crippen LogP contribution in [-0.2, 0) is 6.54 Å². The van der Waals surface area contributed by atoms with E-state index >= 15 is 0 Å². The molecule has 0 unspecified atom stereocenters. The number of carbonyl (C=O) groups excluding carboxylic acids is 1. The number of halogens is 1. The van der Waals surface area contributed by atoms with Gasteiger partial charge in [-0.15, -0.1) is 0 Å². The van der Waals surface area contributed by atoms with Crippen LogP contribution in [0.3, 0.4) is 0 Å². The normalized spacial score (nSPS) is 14.8. The van der Waals surface area contributed by atoms with Crippen molar-refractivity contribution in [3.8, 4) is 11.4 Å². The van der Waals surface area contributed by atoms with E-state index in [-0.39, 0.29) is 12.1 Å². The lowest BCUT2D eigenvalue weighted by atomic mass is 10.0. The number of para-hydroxylation sites is 1. The molecule has 0 fully saturated rings. The van der Waals surface area contributed by atoms with Crippen molar-refractivity contribution in [2.45, 2.75) is 19.5 Å². The van der Waals surface area contributed by atoms with Crippen LogP contribution < -0.4 is 10.1 Å². The number of anilines is 1. The number of aromatic nitrogens is 1. The van der Waals surface area contributed by atoms with Crippen molar-refractivity contribution in [3.05, 3.63) is 112 Å². The number of amides is 2. The highest BCUT2D eigenvalue weighted by atomic mass is 35.5. The Hall–Kier alpha value is -3.70. The number of benzene rings is 3. The van der Waals surface area contributed by atoms with Crippen LogP contribution in [-0.4, -0.2) is 22.6 Å². The minimum Gasteiger partial charge on any atom is -0.497 e. The van der Waals surface area contributed by atoms with Gasteiger partial charge in [-0.1, -0.05) is 48.0 Å². The Kier molecular flexibility index (Phi) is 5.56. The molecule has 1 aliphatic rings. The van der Waals surface area contributed by atoms with Crippen LogP contribution in [0, 0.1) is 6.92 Å². The summed E-state index contributed by atoms with van der Waals surface area (Å²) in [6.07, 6.45) is 2.05. The van der Waals surface area contributed by atoms with Gasteiger partial charge < -0.3 is 19.5 Å². The number of fused-ring (bicyclic) bond motifs is 3. The highest BCUT2D eigenvalue weighted by molar-refractivity contribution is 6.31. The topological polar surface area (TPSA) is 46.5 Å². The molecule has 2 heterocycles. The summed E-state index contributed by atoms with van der Waals surface area (Å²) in [6, 6.07) is 25.2. The van der Waals surface area contributed by atoms with Crippen LogP contribution >= 0.6 is 11.6 Å². The maximum absolute atomic E-state index is 13.7. The van der Waals surface area contributed by atoms with Crippen molar-refractivity contribution in [1.29, 1.82) is 0 Å². The van der Waals surface area contributed by atoms with Crippen LogP contribution in [0.1, 0.15) is 28.4 Å². The molecule has 1 aromatic heterocycles. The number of hydrogen-bond acceptors (Lipinski definition) is 2. The van der Waals surface area contributed by atoms with Gasteiger partial charge in [0.25, 0.3) is 0 Å². The number of carbonyl (C=O) groups is 1. The van der Waals surface area contributed by atoms with Gasteiger partial charge >= 0.3 is 6.03 Å². The number of nitrogens with zero attached hydrogens (tertiary/aromatic N) is 2. The van der Waals surface area contributed by atoms with Crippen molar-refractivity contribution in [3.63, 3.8) is 0 Å². The number of ether oxygens (including phenoxy) is 1. The molecule has 0 bridgehead atoms. The van der Waals surface area contributed by atoms with Crippen molar-refractivity contribution in [1.82, 2.24) is 9.47 Å². The lowest BCUT2D eigenvalue weighted by Gasteiger charge is -2.31. The Bertz CT molecular complexity index is 1310. The van der Waals surface area contributed by atoms with Crippen molar-refractivity contribution < 1.29 is 9.53 Å². The van der Waals surface area contributed by atoms with Gasteiger partial charge in [0, 0.05) is 22.6 Å². The first-order chi connectivity index (χ1) is 16.0. The zero-order valence-electron chi connectivity index (χ0n) is 18.5. The molecule has 0 aliphatic carbocycles. The predicted octanol–water partition coefficient (Wildman–Crippen LogP) is 6.58. The molecule has 6 heteroatoms. The molecule has 4 aromatic rings. The fraction of sp³-hybridized carbons (Fsp3) is 0.148. The van der Waals surface area contributed by atoms with Crippen LogP contribution in [0.15, 0.2) is 85.1 Å². The van der Waals surface area contributed by atoms with E-state index in [9.17, 15) is 4.79 Å². The van der Waals surface area contributed by atoms with Crippen LogP contribution in [0.2, 0.25) is 5.02 Å². The summed E-state index contributed by atoms with van der Waals surface area (Å²) in [4.78, 5) is 15.6. The molecule has 3 aromatic carbocycles. The van der Waals surface area contributed by atoms with Crippen molar-refractivity contribution >= 4 is 23.3 Å². The van der Waals surface area contributed by atoms with E-state index in [0.717, 1.165) is 33.8 Å². The molecule has 0 spiro atoms. The summed E-state index contributed by atoms with van der Waals surface area (Å²) >= 11 is 6.30. The number of aryl methyl sites for hydroxylation is 1. The maximum Gasteiger partial charge on any atom is 0.322 e. The monoisotopic (exact) mass is 457 g/mol. The van der Waals surface area contributed by atoms with Gasteiger partial charge in [-0.2, -0.15) is 0 Å². The number of urea groups is 1. The fourth-order valence-electron chi connectivity index (χ4n) is 4.34. The van der Waals surface area contributed by atoms with Gasteiger partial charge in [-0.3, -0.25) is 0 Å². The molecule has 1 aliphatic heterocycles. The van der Waals surface area contributed by atoms with E-state index in [0.29, 0.717) is 17.3 Å². The number of methoxy groups -OCH3 is 1. The molecule has 0 saturated carbocycles. The van der Waals surface area contributed by atoms with Crippen LogP contribution in [0.25, 0.3) is 5.69 Å². The Labute approximate surface area is 198 Å². The number of rotatable bonds is 3. The smallest absolute Gasteiger partial charge is 0.322 e. The summed E-state index contributed by atoms with van der Waals surface area (Å²) in [6.45, 7) is 2.40. The van der Waals surface area contributed by atoms with Gasteiger partial charge in [0.05, 0.1) is 25.4 Å². The first kappa shape index (κ1) is 21.2. The Balaban J connectivity index is 1.61. The molecule has 5 nitrogen and oxygen atoms in total. The lowest BCUT2D eigenvalue weighted by molar-refractivity contribution is 0.194. The highest BCUT2D eigenvalue weighted by Crippen LogP contribution is 2.37. The van der Waals surface area contributed by atoms with E-state index in [1.165, 1.54) is 0 Å². The van der Waals surface area contributed by atoms with E-state index in [2.05, 4.69) is 28.1 Å².